The van der Waals surface area contributed by atoms with Crippen LogP contribution < -0.4 is 10.9 Å². The van der Waals surface area contributed by atoms with Crippen LogP contribution in [0, 0.1) is 12.8 Å². The summed E-state index contributed by atoms with van der Waals surface area (Å²) in [5.41, 5.74) is 7.38. The molecule has 0 spiro atoms. The van der Waals surface area contributed by atoms with E-state index in [4.69, 9.17) is 0 Å². The zero-order valence-electron chi connectivity index (χ0n) is 14.3. The van der Waals surface area contributed by atoms with Crippen molar-refractivity contribution in [2.24, 2.45) is 5.92 Å². The van der Waals surface area contributed by atoms with Crippen molar-refractivity contribution < 1.29 is 9.59 Å². The molecule has 24 heavy (non-hydrogen) atoms. The third-order valence-corrected chi connectivity index (χ3v) is 4.79. The Bertz CT molecular complexity index is 760. The first-order chi connectivity index (χ1) is 11.6. The number of carbonyl (C=O) groups is 2. The van der Waals surface area contributed by atoms with Gasteiger partial charge in [0, 0.05) is 18.0 Å². The first-order valence-electron chi connectivity index (χ1n) is 8.67. The lowest BCUT2D eigenvalue weighted by Crippen LogP contribution is -2.44. The maximum Gasteiger partial charge on any atom is 0.269 e. The number of amides is 2. The van der Waals surface area contributed by atoms with Gasteiger partial charge in [-0.05, 0) is 44.9 Å². The number of hydrazine groups is 1. The summed E-state index contributed by atoms with van der Waals surface area (Å²) in [6.07, 6.45) is 5.17. The first kappa shape index (κ1) is 16.5. The summed E-state index contributed by atoms with van der Waals surface area (Å²) in [7, 11) is 0. The van der Waals surface area contributed by atoms with Crippen molar-refractivity contribution in [1.29, 1.82) is 0 Å². The van der Waals surface area contributed by atoms with Crippen molar-refractivity contribution in [3.63, 3.8) is 0 Å². The predicted molar refractivity (Wildman–Crippen MR) is 92.3 cm³/mol. The lowest BCUT2D eigenvalue weighted by atomic mass is 9.89. The van der Waals surface area contributed by atoms with E-state index in [0.29, 0.717) is 5.56 Å². The number of benzene rings is 1. The number of aromatic nitrogens is 2. The average Bonchev–Trinajstić information content (AvgIpc) is 2.94. The molecular weight excluding hydrogens is 304 g/mol. The molecule has 1 aromatic heterocycles. The zero-order valence-corrected chi connectivity index (χ0v) is 14.3. The summed E-state index contributed by atoms with van der Waals surface area (Å²) in [5, 5.41) is 0. The smallest absolute Gasteiger partial charge is 0.269 e. The van der Waals surface area contributed by atoms with E-state index in [2.05, 4.69) is 27.3 Å². The molecule has 1 heterocycles. The van der Waals surface area contributed by atoms with Crippen LogP contribution >= 0.6 is 0 Å². The van der Waals surface area contributed by atoms with E-state index in [-0.39, 0.29) is 17.7 Å². The zero-order chi connectivity index (χ0) is 17.1. The van der Waals surface area contributed by atoms with Crippen molar-refractivity contribution in [2.45, 2.75) is 52.5 Å². The predicted octanol–water partition coefficient (Wildman–Crippen LogP) is 2.71. The molecule has 2 amide bonds. The SMILES string of the molecule is CCn1c(C)nc2cc(C(=O)NNC(=O)C3CCCCC3)ccc21. The molecule has 2 N–H and O–H groups in total. The van der Waals surface area contributed by atoms with Crippen LogP contribution in [0.25, 0.3) is 11.0 Å². The number of nitrogens with zero attached hydrogens (tertiary/aromatic N) is 2. The summed E-state index contributed by atoms with van der Waals surface area (Å²) >= 11 is 0. The maximum atomic E-state index is 12.3. The fourth-order valence-corrected chi connectivity index (χ4v) is 3.45. The molecule has 128 valence electrons. The molecule has 3 rings (SSSR count). The highest BCUT2D eigenvalue weighted by atomic mass is 16.2. The molecule has 0 bridgehead atoms. The van der Waals surface area contributed by atoms with E-state index < -0.39 is 0 Å². The third kappa shape index (κ3) is 3.27. The summed E-state index contributed by atoms with van der Waals surface area (Å²) in [5.74, 6) is 0.542. The Balaban J connectivity index is 1.66. The highest BCUT2D eigenvalue weighted by Crippen LogP contribution is 2.23. The van der Waals surface area contributed by atoms with Crippen molar-refractivity contribution in [1.82, 2.24) is 20.4 Å². The van der Waals surface area contributed by atoms with Gasteiger partial charge in [0.2, 0.25) is 5.91 Å². The van der Waals surface area contributed by atoms with Crippen molar-refractivity contribution in [2.75, 3.05) is 0 Å². The Kier molecular flexibility index (Phi) is 4.83. The standard InChI is InChI=1S/C18H24N4O2/c1-3-22-12(2)19-15-11-14(9-10-16(15)22)18(24)21-20-17(23)13-7-5-4-6-8-13/h9-11,13H,3-8H2,1-2H3,(H,20,23)(H,21,24). The lowest BCUT2D eigenvalue weighted by molar-refractivity contribution is -0.126. The van der Waals surface area contributed by atoms with Gasteiger partial charge in [0.05, 0.1) is 11.0 Å². The lowest BCUT2D eigenvalue weighted by Gasteiger charge is -2.20. The number of hydrogen-bond donors (Lipinski definition) is 2. The number of carbonyl (C=O) groups excluding carboxylic acids is 2. The van der Waals surface area contributed by atoms with Gasteiger partial charge in [0.15, 0.2) is 0 Å². The molecule has 0 radical (unpaired) electrons. The van der Waals surface area contributed by atoms with Crippen LogP contribution in [0.4, 0.5) is 0 Å². The van der Waals surface area contributed by atoms with Crippen LogP contribution in [0.3, 0.4) is 0 Å². The van der Waals surface area contributed by atoms with Gasteiger partial charge < -0.3 is 4.57 Å². The van der Waals surface area contributed by atoms with Crippen LogP contribution in [-0.2, 0) is 11.3 Å². The topological polar surface area (TPSA) is 76.0 Å². The van der Waals surface area contributed by atoms with E-state index in [1.165, 1.54) is 6.42 Å². The Morgan fingerprint density at radius 1 is 1.21 bits per heavy atom. The minimum absolute atomic E-state index is 0.0180. The van der Waals surface area contributed by atoms with Crippen LogP contribution in [-0.4, -0.2) is 21.4 Å². The Labute approximate surface area is 141 Å². The Hall–Kier alpha value is -2.37. The van der Waals surface area contributed by atoms with Crippen molar-refractivity contribution in [3.05, 3.63) is 29.6 Å². The molecule has 2 aromatic rings. The summed E-state index contributed by atoms with van der Waals surface area (Å²) < 4.78 is 2.10. The average molecular weight is 328 g/mol. The highest BCUT2D eigenvalue weighted by Gasteiger charge is 2.21. The van der Waals surface area contributed by atoms with E-state index >= 15 is 0 Å². The molecule has 0 saturated heterocycles. The van der Waals surface area contributed by atoms with E-state index in [0.717, 1.165) is 49.1 Å². The monoisotopic (exact) mass is 328 g/mol. The van der Waals surface area contributed by atoms with Gasteiger partial charge in [-0.1, -0.05) is 19.3 Å². The molecule has 1 aromatic carbocycles. The molecule has 1 aliphatic carbocycles. The van der Waals surface area contributed by atoms with Crippen LogP contribution in [0.1, 0.15) is 55.2 Å². The molecule has 6 nitrogen and oxygen atoms in total. The Morgan fingerprint density at radius 2 is 1.96 bits per heavy atom. The van der Waals surface area contributed by atoms with Crippen LogP contribution in [0.2, 0.25) is 0 Å². The van der Waals surface area contributed by atoms with Crippen LogP contribution in [0.15, 0.2) is 18.2 Å². The minimum atomic E-state index is -0.315. The van der Waals surface area contributed by atoms with Gasteiger partial charge in [-0.2, -0.15) is 0 Å². The highest BCUT2D eigenvalue weighted by molar-refractivity contribution is 5.98. The molecule has 1 saturated carbocycles. The number of nitrogens with one attached hydrogen (secondary N) is 2. The normalized spacial score (nSPS) is 15.4. The van der Waals surface area contributed by atoms with Gasteiger partial charge in [0.25, 0.3) is 5.91 Å². The van der Waals surface area contributed by atoms with E-state index in [9.17, 15) is 9.59 Å². The molecule has 0 unspecified atom stereocenters. The molecule has 1 fully saturated rings. The second kappa shape index (κ2) is 7.03. The quantitative estimate of drug-likeness (QED) is 0.851. The molecular formula is C18H24N4O2. The third-order valence-electron chi connectivity index (χ3n) is 4.79. The number of fused-ring (bicyclic) bond motifs is 1. The van der Waals surface area contributed by atoms with Crippen LogP contribution in [0.5, 0.6) is 0 Å². The van der Waals surface area contributed by atoms with Gasteiger partial charge in [-0.25, -0.2) is 4.98 Å². The number of rotatable bonds is 3. The molecule has 0 atom stereocenters. The van der Waals surface area contributed by atoms with Gasteiger partial charge in [0.1, 0.15) is 5.82 Å². The maximum absolute atomic E-state index is 12.3. The Morgan fingerprint density at radius 3 is 2.67 bits per heavy atom. The minimum Gasteiger partial charge on any atom is -0.329 e. The molecule has 1 aliphatic rings. The summed E-state index contributed by atoms with van der Waals surface area (Å²) in [6.45, 7) is 4.86. The van der Waals surface area contributed by atoms with Crippen molar-refractivity contribution >= 4 is 22.8 Å². The van der Waals surface area contributed by atoms with Crippen molar-refractivity contribution in [3.8, 4) is 0 Å². The fraction of sp³-hybridized carbons (Fsp3) is 0.500. The van der Waals surface area contributed by atoms with Gasteiger partial charge in [-0.3, -0.25) is 20.4 Å². The van der Waals surface area contributed by atoms with E-state index in [1.807, 2.05) is 13.0 Å². The number of aryl methyl sites for hydroxylation is 2. The summed E-state index contributed by atoms with van der Waals surface area (Å²) in [4.78, 5) is 28.9. The van der Waals surface area contributed by atoms with Gasteiger partial charge >= 0.3 is 0 Å². The largest absolute Gasteiger partial charge is 0.329 e. The number of imidazole rings is 1. The van der Waals surface area contributed by atoms with Gasteiger partial charge in [-0.15, -0.1) is 0 Å². The first-order valence-corrected chi connectivity index (χ1v) is 8.67. The molecule has 0 aliphatic heterocycles. The number of hydrogen-bond acceptors (Lipinski definition) is 3. The summed E-state index contributed by atoms with van der Waals surface area (Å²) in [6, 6.07) is 5.42. The fourth-order valence-electron chi connectivity index (χ4n) is 3.45. The van der Waals surface area contributed by atoms with E-state index in [1.54, 1.807) is 12.1 Å². The second-order valence-electron chi connectivity index (χ2n) is 6.39. The molecule has 6 heteroatoms. The second-order valence-corrected chi connectivity index (χ2v) is 6.39.